The van der Waals surface area contributed by atoms with E-state index in [1.54, 1.807) is 21.9 Å². The van der Waals surface area contributed by atoms with E-state index in [4.69, 9.17) is 0 Å². The molecule has 2 aromatic carbocycles. The van der Waals surface area contributed by atoms with E-state index in [0.29, 0.717) is 25.6 Å². The molecule has 1 saturated carbocycles. The molecular weight excluding hydrogens is 426 g/mol. The minimum absolute atomic E-state index is 0.0350. The first-order valence-electron chi connectivity index (χ1n) is 12.0. The van der Waals surface area contributed by atoms with Crippen LogP contribution in [0.5, 0.6) is 0 Å². The highest BCUT2D eigenvalue weighted by molar-refractivity contribution is 5.99. The van der Waals surface area contributed by atoms with Crippen molar-refractivity contribution in [1.82, 2.24) is 14.8 Å². The Bertz CT molecular complexity index is 1220. The van der Waals surface area contributed by atoms with E-state index in [0.717, 1.165) is 31.2 Å². The molecule has 2 amide bonds. The Morgan fingerprint density at radius 3 is 2.09 bits per heavy atom. The largest absolute Gasteiger partial charge is 0.349 e. The summed E-state index contributed by atoms with van der Waals surface area (Å²) >= 11 is 0. The van der Waals surface area contributed by atoms with Crippen molar-refractivity contribution in [3.63, 3.8) is 0 Å². The van der Waals surface area contributed by atoms with Gasteiger partial charge in [0.1, 0.15) is 11.1 Å². The van der Waals surface area contributed by atoms with Crippen LogP contribution >= 0.6 is 0 Å². The van der Waals surface area contributed by atoms with E-state index < -0.39 is 11.3 Å². The van der Waals surface area contributed by atoms with Gasteiger partial charge in [-0.1, -0.05) is 60.7 Å². The Morgan fingerprint density at radius 1 is 0.824 bits per heavy atom. The molecule has 2 aliphatic rings. The third kappa shape index (κ3) is 4.96. The molecule has 2 heterocycles. The molecule has 1 aliphatic carbocycles. The second-order valence-electron chi connectivity index (χ2n) is 9.30. The Labute approximate surface area is 199 Å². The van der Waals surface area contributed by atoms with Crippen LogP contribution in [0.3, 0.4) is 0 Å². The van der Waals surface area contributed by atoms with Gasteiger partial charge in [0.2, 0.25) is 5.43 Å². The zero-order valence-corrected chi connectivity index (χ0v) is 19.2. The number of piperidine rings is 1. The number of rotatable bonds is 6. The van der Waals surface area contributed by atoms with Crippen molar-refractivity contribution in [2.75, 3.05) is 13.1 Å². The molecule has 1 N–H and O–H groups in total. The molecule has 1 saturated heterocycles. The molecular formula is C28H29N3O3. The first-order chi connectivity index (χ1) is 16.6. The van der Waals surface area contributed by atoms with Gasteiger partial charge in [-0.25, -0.2) is 0 Å². The third-order valence-electron chi connectivity index (χ3n) is 6.73. The van der Waals surface area contributed by atoms with E-state index in [9.17, 15) is 14.4 Å². The SMILES string of the molecule is O=C(NC1CC1)c1cn(Cc2ccccc2)cc(C(=O)N2CCC(c3ccccc3)CC2)c1=O. The zero-order chi connectivity index (χ0) is 23.5. The molecule has 0 spiro atoms. The average molecular weight is 456 g/mol. The smallest absolute Gasteiger partial charge is 0.259 e. The van der Waals surface area contributed by atoms with Gasteiger partial charge in [0.15, 0.2) is 0 Å². The van der Waals surface area contributed by atoms with Gasteiger partial charge >= 0.3 is 0 Å². The molecule has 174 valence electrons. The van der Waals surface area contributed by atoms with E-state index in [-0.39, 0.29) is 23.1 Å². The summed E-state index contributed by atoms with van der Waals surface area (Å²) in [5, 5.41) is 2.89. The van der Waals surface area contributed by atoms with Gasteiger partial charge in [-0.05, 0) is 42.7 Å². The van der Waals surface area contributed by atoms with Crippen molar-refractivity contribution in [2.24, 2.45) is 0 Å². The molecule has 6 nitrogen and oxygen atoms in total. The van der Waals surface area contributed by atoms with Gasteiger partial charge < -0.3 is 14.8 Å². The van der Waals surface area contributed by atoms with Crippen molar-refractivity contribution in [2.45, 2.75) is 44.2 Å². The fourth-order valence-electron chi connectivity index (χ4n) is 4.63. The maximum Gasteiger partial charge on any atom is 0.259 e. The number of hydrogen-bond acceptors (Lipinski definition) is 3. The summed E-state index contributed by atoms with van der Waals surface area (Å²) in [7, 11) is 0. The number of hydrogen-bond donors (Lipinski definition) is 1. The number of likely N-dealkylation sites (tertiary alicyclic amines) is 1. The Kier molecular flexibility index (Phi) is 6.30. The van der Waals surface area contributed by atoms with E-state index in [1.165, 1.54) is 5.56 Å². The number of aromatic nitrogens is 1. The lowest BCUT2D eigenvalue weighted by Crippen LogP contribution is -2.41. The lowest BCUT2D eigenvalue weighted by molar-refractivity contribution is 0.0710. The summed E-state index contributed by atoms with van der Waals surface area (Å²) in [5.41, 5.74) is 1.93. The molecule has 2 fully saturated rings. The molecule has 3 aromatic rings. The van der Waals surface area contributed by atoms with Crippen molar-refractivity contribution < 1.29 is 9.59 Å². The van der Waals surface area contributed by atoms with Crippen LogP contribution in [0.1, 0.15) is 63.4 Å². The highest BCUT2D eigenvalue weighted by Gasteiger charge is 2.29. The van der Waals surface area contributed by atoms with Crippen LogP contribution in [0.2, 0.25) is 0 Å². The van der Waals surface area contributed by atoms with Crippen LogP contribution in [-0.2, 0) is 6.54 Å². The quantitative estimate of drug-likeness (QED) is 0.615. The second-order valence-corrected chi connectivity index (χ2v) is 9.30. The number of carbonyl (C=O) groups excluding carboxylic acids is 2. The molecule has 5 rings (SSSR count). The predicted octanol–water partition coefficient (Wildman–Crippen LogP) is 3.81. The Morgan fingerprint density at radius 2 is 1.44 bits per heavy atom. The van der Waals surface area contributed by atoms with Gasteiger partial charge in [0.05, 0.1) is 0 Å². The molecule has 1 aromatic heterocycles. The predicted molar refractivity (Wildman–Crippen MR) is 131 cm³/mol. The Hall–Kier alpha value is -3.67. The minimum atomic E-state index is -0.488. The fourth-order valence-corrected chi connectivity index (χ4v) is 4.63. The van der Waals surface area contributed by atoms with Gasteiger partial charge in [0.25, 0.3) is 11.8 Å². The third-order valence-corrected chi connectivity index (χ3v) is 6.73. The maximum absolute atomic E-state index is 13.5. The number of nitrogens with zero attached hydrogens (tertiary/aromatic N) is 2. The van der Waals surface area contributed by atoms with Crippen LogP contribution in [0.15, 0.2) is 77.9 Å². The van der Waals surface area contributed by atoms with E-state index in [2.05, 4.69) is 17.4 Å². The second kappa shape index (κ2) is 9.67. The Balaban J connectivity index is 1.40. The standard InChI is InChI=1S/C28H29N3O3/c32-26-24(27(33)29-23-11-12-23)18-30(17-20-7-3-1-4-8-20)19-25(26)28(34)31-15-13-22(14-16-31)21-9-5-2-6-10-21/h1-10,18-19,22-23H,11-17H2,(H,29,33). The van der Waals surface area contributed by atoms with Crippen LogP contribution < -0.4 is 10.7 Å². The number of nitrogens with one attached hydrogen (secondary N) is 1. The van der Waals surface area contributed by atoms with Crippen molar-refractivity contribution in [3.8, 4) is 0 Å². The van der Waals surface area contributed by atoms with Gasteiger partial charge in [-0.3, -0.25) is 14.4 Å². The monoisotopic (exact) mass is 455 g/mol. The van der Waals surface area contributed by atoms with Crippen molar-refractivity contribution >= 4 is 11.8 Å². The van der Waals surface area contributed by atoms with Crippen LogP contribution in [0, 0.1) is 0 Å². The number of pyridine rings is 1. The molecule has 34 heavy (non-hydrogen) atoms. The molecule has 0 atom stereocenters. The lowest BCUT2D eigenvalue weighted by Gasteiger charge is -2.32. The summed E-state index contributed by atoms with van der Waals surface area (Å²) < 4.78 is 1.78. The van der Waals surface area contributed by atoms with E-state index in [1.807, 2.05) is 48.5 Å². The summed E-state index contributed by atoms with van der Waals surface area (Å²) in [6.07, 6.45) is 6.75. The number of benzene rings is 2. The summed E-state index contributed by atoms with van der Waals surface area (Å²) in [4.78, 5) is 41.3. The van der Waals surface area contributed by atoms with Crippen molar-refractivity contribution in [1.29, 1.82) is 0 Å². The van der Waals surface area contributed by atoms with Gasteiger partial charge in [-0.15, -0.1) is 0 Å². The highest BCUT2D eigenvalue weighted by atomic mass is 16.2. The van der Waals surface area contributed by atoms with Crippen LogP contribution in [-0.4, -0.2) is 40.4 Å². The van der Waals surface area contributed by atoms with Crippen molar-refractivity contribution in [3.05, 3.63) is 106 Å². The maximum atomic E-state index is 13.5. The lowest BCUT2D eigenvalue weighted by atomic mass is 9.89. The molecule has 0 bridgehead atoms. The van der Waals surface area contributed by atoms with Gasteiger partial charge in [-0.2, -0.15) is 0 Å². The minimum Gasteiger partial charge on any atom is -0.349 e. The van der Waals surface area contributed by atoms with Gasteiger partial charge in [0, 0.05) is 38.1 Å². The van der Waals surface area contributed by atoms with Crippen LogP contribution in [0.25, 0.3) is 0 Å². The fraction of sp³-hybridized carbons (Fsp3) is 0.321. The molecule has 1 aliphatic heterocycles. The normalized spacial score (nSPS) is 16.3. The summed E-state index contributed by atoms with van der Waals surface area (Å²) in [5.74, 6) is -0.276. The summed E-state index contributed by atoms with van der Waals surface area (Å²) in [6, 6.07) is 20.3. The zero-order valence-electron chi connectivity index (χ0n) is 19.2. The van der Waals surface area contributed by atoms with Crippen LogP contribution in [0.4, 0.5) is 0 Å². The number of amides is 2. The first kappa shape index (κ1) is 22.1. The highest BCUT2D eigenvalue weighted by Crippen LogP contribution is 2.28. The van der Waals surface area contributed by atoms with E-state index >= 15 is 0 Å². The first-order valence-corrected chi connectivity index (χ1v) is 12.0. The average Bonchev–Trinajstić information content (AvgIpc) is 3.70. The molecule has 0 radical (unpaired) electrons. The molecule has 0 unspecified atom stereocenters. The topological polar surface area (TPSA) is 71.4 Å². The molecule has 6 heteroatoms. The number of carbonyl (C=O) groups is 2. The summed E-state index contributed by atoms with van der Waals surface area (Å²) in [6.45, 7) is 1.66.